The van der Waals surface area contributed by atoms with Crippen LogP contribution in [0, 0.1) is 12.8 Å². The third kappa shape index (κ3) is 5.15. The van der Waals surface area contributed by atoms with Crippen LogP contribution in [0.4, 0.5) is 19.4 Å². The van der Waals surface area contributed by atoms with Gasteiger partial charge in [0.2, 0.25) is 0 Å². The van der Waals surface area contributed by atoms with Gasteiger partial charge in [0.15, 0.2) is 0 Å². The summed E-state index contributed by atoms with van der Waals surface area (Å²) in [6.07, 6.45) is 1.10. The lowest BCUT2D eigenvalue weighted by Crippen LogP contribution is -2.52. The summed E-state index contributed by atoms with van der Waals surface area (Å²) in [4.78, 5) is 17.3. The van der Waals surface area contributed by atoms with E-state index in [1.54, 1.807) is 24.4 Å². The summed E-state index contributed by atoms with van der Waals surface area (Å²) < 4.78 is 34.2. The SMILES string of the molecule is Cc1ccc(COC(=O)N2CC[C@H](CNc3ccccn3)C(F)(F)C2)cc1. The Hall–Kier alpha value is -2.70. The van der Waals surface area contributed by atoms with Crippen LogP contribution in [0.3, 0.4) is 0 Å². The first-order valence-corrected chi connectivity index (χ1v) is 8.94. The number of rotatable bonds is 5. The molecule has 0 bridgehead atoms. The van der Waals surface area contributed by atoms with Gasteiger partial charge in [0.05, 0.1) is 6.54 Å². The van der Waals surface area contributed by atoms with Crippen molar-refractivity contribution in [2.45, 2.75) is 25.9 Å². The zero-order valence-corrected chi connectivity index (χ0v) is 15.2. The minimum atomic E-state index is -2.98. The molecule has 1 N–H and O–H groups in total. The van der Waals surface area contributed by atoms with Crippen molar-refractivity contribution in [3.8, 4) is 0 Å². The van der Waals surface area contributed by atoms with Crippen molar-refractivity contribution >= 4 is 11.9 Å². The lowest BCUT2D eigenvalue weighted by molar-refractivity contribution is -0.101. The fourth-order valence-corrected chi connectivity index (χ4v) is 3.01. The second kappa shape index (κ2) is 8.33. The number of ether oxygens (including phenoxy) is 1. The molecule has 0 spiro atoms. The molecule has 2 aromatic rings. The molecule has 0 unspecified atom stereocenters. The molecule has 27 heavy (non-hydrogen) atoms. The molecule has 0 saturated carbocycles. The van der Waals surface area contributed by atoms with Gasteiger partial charge in [-0.1, -0.05) is 35.9 Å². The normalized spacial score (nSPS) is 18.8. The van der Waals surface area contributed by atoms with Crippen LogP contribution >= 0.6 is 0 Å². The van der Waals surface area contributed by atoms with Gasteiger partial charge in [-0.3, -0.25) is 0 Å². The Kier molecular flexibility index (Phi) is 5.88. The monoisotopic (exact) mass is 375 g/mol. The van der Waals surface area contributed by atoms with Gasteiger partial charge in [0.1, 0.15) is 12.4 Å². The van der Waals surface area contributed by atoms with Gasteiger partial charge in [0.25, 0.3) is 5.92 Å². The number of amides is 1. The molecule has 1 aromatic carbocycles. The number of alkyl halides is 2. The van der Waals surface area contributed by atoms with Gasteiger partial charge in [0, 0.05) is 25.2 Å². The number of piperidine rings is 1. The predicted octanol–water partition coefficient (Wildman–Crippen LogP) is 4.10. The predicted molar refractivity (Wildman–Crippen MR) is 98.7 cm³/mol. The Morgan fingerprint density at radius 1 is 1.30 bits per heavy atom. The Morgan fingerprint density at radius 2 is 2.07 bits per heavy atom. The molecule has 144 valence electrons. The molecule has 0 radical (unpaired) electrons. The minimum Gasteiger partial charge on any atom is -0.445 e. The zero-order valence-electron chi connectivity index (χ0n) is 15.2. The molecule has 1 fully saturated rings. The smallest absolute Gasteiger partial charge is 0.410 e. The van der Waals surface area contributed by atoms with Gasteiger partial charge in [-0.2, -0.15) is 0 Å². The highest BCUT2D eigenvalue weighted by molar-refractivity contribution is 5.68. The Labute approximate surface area is 157 Å². The minimum absolute atomic E-state index is 0.0752. The van der Waals surface area contributed by atoms with Crippen LogP contribution < -0.4 is 5.32 Å². The fraction of sp³-hybridized carbons (Fsp3) is 0.400. The first-order chi connectivity index (χ1) is 12.9. The van der Waals surface area contributed by atoms with Crippen LogP contribution in [-0.4, -0.2) is 41.5 Å². The molecular formula is C20H23F2N3O2. The average Bonchev–Trinajstić information content (AvgIpc) is 2.66. The maximum absolute atomic E-state index is 14.5. The van der Waals surface area contributed by atoms with Crippen LogP contribution in [0.15, 0.2) is 48.7 Å². The molecule has 3 rings (SSSR count). The summed E-state index contributed by atoms with van der Waals surface area (Å²) >= 11 is 0. The summed E-state index contributed by atoms with van der Waals surface area (Å²) in [5.41, 5.74) is 1.93. The second-order valence-electron chi connectivity index (χ2n) is 6.80. The first-order valence-electron chi connectivity index (χ1n) is 8.94. The molecule has 0 aliphatic carbocycles. The van der Waals surface area contributed by atoms with Gasteiger partial charge in [-0.05, 0) is 31.0 Å². The van der Waals surface area contributed by atoms with Crippen molar-refractivity contribution in [2.75, 3.05) is 25.0 Å². The summed E-state index contributed by atoms with van der Waals surface area (Å²) in [6.45, 7) is 1.76. The number of anilines is 1. The lowest BCUT2D eigenvalue weighted by atomic mass is 9.93. The van der Waals surface area contributed by atoms with E-state index in [2.05, 4.69) is 10.3 Å². The Morgan fingerprint density at radius 3 is 2.74 bits per heavy atom. The number of likely N-dealkylation sites (tertiary alicyclic amines) is 1. The molecule has 1 aromatic heterocycles. The van der Waals surface area contributed by atoms with Crippen LogP contribution in [0.2, 0.25) is 0 Å². The van der Waals surface area contributed by atoms with Crippen molar-refractivity contribution in [2.24, 2.45) is 5.92 Å². The third-order valence-electron chi connectivity index (χ3n) is 4.68. The van der Waals surface area contributed by atoms with Crippen LogP contribution in [0.1, 0.15) is 17.5 Å². The molecule has 1 amide bonds. The van der Waals surface area contributed by atoms with Crippen molar-refractivity contribution in [3.63, 3.8) is 0 Å². The average molecular weight is 375 g/mol. The van der Waals surface area contributed by atoms with Crippen molar-refractivity contribution in [1.29, 1.82) is 0 Å². The van der Waals surface area contributed by atoms with Gasteiger partial charge in [-0.15, -0.1) is 0 Å². The molecular weight excluding hydrogens is 352 g/mol. The highest BCUT2D eigenvalue weighted by Gasteiger charge is 2.46. The Balaban J connectivity index is 1.49. The summed E-state index contributed by atoms with van der Waals surface area (Å²) in [5.74, 6) is -3.28. The van der Waals surface area contributed by atoms with Crippen molar-refractivity contribution in [3.05, 3.63) is 59.8 Å². The number of nitrogens with one attached hydrogen (secondary N) is 1. The number of hydrogen-bond donors (Lipinski definition) is 1. The quantitative estimate of drug-likeness (QED) is 0.855. The number of nitrogens with zero attached hydrogens (tertiary/aromatic N) is 2. The Bertz CT molecular complexity index is 754. The lowest BCUT2D eigenvalue weighted by Gasteiger charge is -2.37. The van der Waals surface area contributed by atoms with Crippen LogP contribution in [-0.2, 0) is 11.3 Å². The highest BCUT2D eigenvalue weighted by Crippen LogP contribution is 2.33. The fourth-order valence-electron chi connectivity index (χ4n) is 3.01. The third-order valence-corrected chi connectivity index (χ3v) is 4.68. The largest absolute Gasteiger partial charge is 0.445 e. The number of pyridine rings is 1. The van der Waals surface area contributed by atoms with E-state index < -0.39 is 24.5 Å². The van der Waals surface area contributed by atoms with Crippen molar-refractivity contribution in [1.82, 2.24) is 9.88 Å². The van der Waals surface area contributed by atoms with Gasteiger partial charge < -0.3 is 15.0 Å². The molecule has 1 aliphatic heterocycles. The van der Waals surface area contributed by atoms with Gasteiger partial charge >= 0.3 is 6.09 Å². The number of aromatic nitrogens is 1. The molecule has 5 nitrogen and oxygen atoms in total. The van der Waals surface area contributed by atoms with E-state index >= 15 is 0 Å². The molecule has 1 atom stereocenters. The van der Waals surface area contributed by atoms with E-state index in [4.69, 9.17) is 4.74 Å². The molecule has 1 saturated heterocycles. The zero-order chi connectivity index (χ0) is 19.3. The van der Waals surface area contributed by atoms with E-state index in [9.17, 15) is 13.6 Å². The summed E-state index contributed by atoms with van der Waals surface area (Å²) in [5, 5.41) is 2.94. The molecule has 7 heteroatoms. The number of halogens is 2. The van der Waals surface area contributed by atoms with E-state index in [1.807, 2.05) is 31.2 Å². The van der Waals surface area contributed by atoms with Crippen LogP contribution in [0.5, 0.6) is 0 Å². The summed E-state index contributed by atoms with van der Waals surface area (Å²) in [6, 6.07) is 12.8. The number of carbonyl (C=O) groups excluding carboxylic acids is 1. The topological polar surface area (TPSA) is 54.5 Å². The second-order valence-corrected chi connectivity index (χ2v) is 6.80. The van der Waals surface area contributed by atoms with E-state index in [1.165, 1.54) is 0 Å². The maximum atomic E-state index is 14.5. The summed E-state index contributed by atoms with van der Waals surface area (Å²) in [7, 11) is 0. The van der Waals surface area contributed by atoms with E-state index in [0.717, 1.165) is 16.0 Å². The van der Waals surface area contributed by atoms with E-state index in [0.29, 0.717) is 5.82 Å². The number of aryl methyl sites for hydroxylation is 1. The maximum Gasteiger partial charge on any atom is 0.410 e. The van der Waals surface area contributed by atoms with Gasteiger partial charge in [-0.25, -0.2) is 18.6 Å². The van der Waals surface area contributed by atoms with Crippen LogP contribution in [0.25, 0.3) is 0 Å². The number of benzene rings is 1. The van der Waals surface area contributed by atoms with E-state index in [-0.39, 0.29) is 26.1 Å². The number of carbonyl (C=O) groups is 1. The highest BCUT2D eigenvalue weighted by atomic mass is 19.3. The molecule has 1 aliphatic rings. The standard InChI is InChI=1S/C20H23F2N3O2/c1-15-5-7-16(8-6-15)13-27-19(26)25-11-9-17(20(21,22)14-25)12-24-18-4-2-3-10-23-18/h2-8,10,17H,9,11-14H2,1H3,(H,23,24)/t17-/m1/s1. The molecule has 2 heterocycles. The first kappa shape index (κ1) is 19.1. The number of hydrogen-bond acceptors (Lipinski definition) is 4. The van der Waals surface area contributed by atoms with Crippen molar-refractivity contribution < 1.29 is 18.3 Å².